The van der Waals surface area contributed by atoms with Crippen LogP contribution in [0.25, 0.3) is 10.9 Å². The van der Waals surface area contributed by atoms with Crippen LogP contribution in [0.1, 0.15) is 47.3 Å². The Labute approximate surface area is 212 Å². The molecule has 2 aromatic carbocycles. The second-order valence-electron chi connectivity index (χ2n) is 7.80. The number of aliphatic hydroxyl groups excluding tert-OH is 1. The van der Waals surface area contributed by atoms with Crippen LogP contribution in [-0.4, -0.2) is 41.6 Å². The molecule has 10 nitrogen and oxygen atoms in total. The fraction of sp³-hybridized carbons (Fsp3) is 0.273. The van der Waals surface area contributed by atoms with Crippen molar-refractivity contribution in [2.45, 2.75) is 25.7 Å². The minimum absolute atomic E-state index is 0.0893. The minimum atomic E-state index is -4.07. The number of halogens is 2. The van der Waals surface area contributed by atoms with Crippen LogP contribution < -0.4 is 14.8 Å². The first-order chi connectivity index (χ1) is 16.4. The lowest BCUT2D eigenvalue weighted by Gasteiger charge is -2.21. The Morgan fingerprint density at radius 1 is 1.09 bits per heavy atom. The summed E-state index contributed by atoms with van der Waals surface area (Å²) < 4.78 is 29.5. The van der Waals surface area contributed by atoms with E-state index in [1.54, 1.807) is 46.7 Å². The minimum Gasteiger partial charge on any atom is -0.364 e. The van der Waals surface area contributed by atoms with Gasteiger partial charge in [0.15, 0.2) is 6.29 Å². The molecular formula is C22H24Cl2N4O6S. The van der Waals surface area contributed by atoms with Gasteiger partial charge in [-0.1, -0.05) is 41.4 Å². The Hall–Kier alpha value is -2.67. The summed E-state index contributed by atoms with van der Waals surface area (Å²) in [6.07, 6.45) is -1.64. The van der Waals surface area contributed by atoms with Crippen LogP contribution in [-0.2, 0) is 22.1 Å². The predicted molar refractivity (Wildman–Crippen MR) is 132 cm³/mol. The third kappa shape index (κ3) is 6.51. The summed E-state index contributed by atoms with van der Waals surface area (Å²) in [4.78, 5) is 24.3. The first-order valence-corrected chi connectivity index (χ1v) is 12.6. The first-order valence-electron chi connectivity index (χ1n) is 10.4. The van der Waals surface area contributed by atoms with E-state index in [4.69, 9.17) is 23.2 Å². The van der Waals surface area contributed by atoms with Gasteiger partial charge in [-0.15, -0.1) is 0 Å². The van der Waals surface area contributed by atoms with E-state index in [9.17, 15) is 28.2 Å². The van der Waals surface area contributed by atoms with Gasteiger partial charge in [-0.25, -0.2) is 4.72 Å². The molecule has 1 aromatic heterocycles. The highest BCUT2D eigenvalue weighted by atomic mass is 35.5. The predicted octanol–water partition coefficient (Wildman–Crippen LogP) is 2.30. The lowest BCUT2D eigenvalue weighted by atomic mass is 10.0. The summed E-state index contributed by atoms with van der Waals surface area (Å²) in [5.41, 5.74) is 1.69. The molecule has 0 fully saturated rings. The zero-order chi connectivity index (χ0) is 25.9. The number of aliphatic hydroxyl groups is 2. The maximum Gasteiger partial charge on any atom is 0.301 e. The molecular weight excluding hydrogens is 519 g/mol. The number of amides is 2. The number of nitrogens with zero attached hydrogens (tertiary/aromatic N) is 1. The van der Waals surface area contributed by atoms with E-state index in [2.05, 4.69) is 10.0 Å². The number of aromatic nitrogens is 1. The monoisotopic (exact) mass is 542 g/mol. The van der Waals surface area contributed by atoms with E-state index < -0.39 is 34.4 Å². The lowest BCUT2D eigenvalue weighted by molar-refractivity contribution is -0.117. The summed E-state index contributed by atoms with van der Waals surface area (Å²) >= 11 is 12.4. The molecule has 1 unspecified atom stereocenters. The number of rotatable bonds is 9. The number of carbonyl (C=O) groups is 2. The Balaban J connectivity index is 1.89. The van der Waals surface area contributed by atoms with Crippen LogP contribution in [0, 0.1) is 0 Å². The summed E-state index contributed by atoms with van der Waals surface area (Å²) in [6, 6.07) is 10.5. The molecule has 0 bridgehead atoms. The van der Waals surface area contributed by atoms with Crippen molar-refractivity contribution in [1.82, 2.24) is 19.3 Å². The van der Waals surface area contributed by atoms with Crippen LogP contribution in [0.5, 0.6) is 0 Å². The zero-order valence-electron chi connectivity index (χ0n) is 18.7. The molecule has 0 saturated carbocycles. The van der Waals surface area contributed by atoms with E-state index in [-0.39, 0.29) is 24.2 Å². The summed E-state index contributed by atoms with van der Waals surface area (Å²) in [6.45, 7) is 0.938. The number of carbonyl (C=O) groups excluding carboxylic acids is 2. The molecule has 188 valence electrons. The van der Waals surface area contributed by atoms with E-state index in [1.165, 1.54) is 12.1 Å². The number of benzene rings is 2. The van der Waals surface area contributed by atoms with Crippen molar-refractivity contribution in [2.24, 2.45) is 7.05 Å². The summed E-state index contributed by atoms with van der Waals surface area (Å²) in [5.74, 6) is -1.22. The normalized spacial score (nSPS) is 12.7. The molecule has 0 radical (unpaired) electrons. The fourth-order valence-electron chi connectivity index (χ4n) is 3.62. The smallest absolute Gasteiger partial charge is 0.301 e. The topological polar surface area (TPSA) is 150 Å². The molecule has 0 aliphatic heterocycles. The molecule has 3 rings (SSSR count). The average Bonchev–Trinajstić information content (AvgIpc) is 3.11. The molecule has 1 atom stereocenters. The summed E-state index contributed by atoms with van der Waals surface area (Å²) in [5, 5.41) is 23.2. The second-order valence-corrected chi connectivity index (χ2v) is 10.1. The highest BCUT2D eigenvalue weighted by Gasteiger charge is 2.22. The third-order valence-electron chi connectivity index (χ3n) is 5.27. The van der Waals surface area contributed by atoms with Gasteiger partial charge in [0.05, 0.1) is 16.1 Å². The average molecular weight is 543 g/mol. The number of hydrogen-bond donors (Lipinski definition) is 5. The van der Waals surface area contributed by atoms with E-state index >= 15 is 0 Å². The van der Waals surface area contributed by atoms with Gasteiger partial charge in [0.1, 0.15) is 5.69 Å². The fourth-order valence-corrected chi connectivity index (χ4v) is 4.84. The largest absolute Gasteiger partial charge is 0.364 e. The quantitative estimate of drug-likeness (QED) is 0.262. The Morgan fingerprint density at radius 2 is 1.77 bits per heavy atom. The SMILES string of the molecule is CC(=O)NS(=O)(=O)NCCC(NC(=O)c1cc2c(Cl)c(Cl)ccc2n1C)c1cccc(C(O)O)c1. The van der Waals surface area contributed by atoms with Gasteiger partial charge in [-0.05, 0) is 36.2 Å². The zero-order valence-corrected chi connectivity index (χ0v) is 21.1. The molecule has 35 heavy (non-hydrogen) atoms. The van der Waals surface area contributed by atoms with Crippen molar-refractivity contribution in [3.05, 3.63) is 69.3 Å². The van der Waals surface area contributed by atoms with Gasteiger partial charge in [0, 0.05) is 37.0 Å². The number of hydrogen-bond acceptors (Lipinski definition) is 6. The van der Waals surface area contributed by atoms with Crippen molar-refractivity contribution < 1.29 is 28.2 Å². The molecule has 0 spiro atoms. The van der Waals surface area contributed by atoms with Gasteiger partial charge < -0.3 is 20.1 Å². The number of nitrogens with one attached hydrogen (secondary N) is 3. The van der Waals surface area contributed by atoms with Gasteiger partial charge in [0.2, 0.25) is 5.91 Å². The van der Waals surface area contributed by atoms with Crippen molar-refractivity contribution in [2.75, 3.05) is 6.54 Å². The maximum absolute atomic E-state index is 13.2. The summed E-state index contributed by atoms with van der Waals surface area (Å²) in [7, 11) is -2.37. The van der Waals surface area contributed by atoms with Crippen LogP contribution in [0.4, 0.5) is 0 Å². The van der Waals surface area contributed by atoms with Crippen LogP contribution in [0.15, 0.2) is 42.5 Å². The first kappa shape index (κ1) is 26.9. The van der Waals surface area contributed by atoms with Crippen molar-refractivity contribution >= 4 is 56.1 Å². The van der Waals surface area contributed by atoms with Crippen LogP contribution in [0.3, 0.4) is 0 Å². The molecule has 1 heterocycles. The van der Waals surface area contributed by atoms with E-state index in [0.717, 1.165) is 6.92 Å². The molecule has 13 heteroatoms. The Bertz CT molecular complexity index is 1370. The second kappa shape index (κ2) is 10.9. The highest BCUT2D eigenvalue weighted by Crippen LogP contribution is 2.32. The van der Waals surface area contributed by atoms with Gasteiger partial charge in [-0.3, -0.25) is 9.59 Å². The van der Waals surface area contributed by atoms with Crippen LogP contribution >= 0.6 is 23.2 Å². The molecule has 0 aliphatic rings. The number of aryl methyl sites for hydroxylation is 1. The van der Waals surface area contributed by atoms with Crippen molar-refractivity contribution in [3.8, 4) is 0 Å². The molecule has 3 aromatic rings. The van der Waals surface area contributed by atoms with E-state index in [1.807, 2.05) is 0 Å². The Kier molecular flexibility index (Phi) is 8.42. The van der Waals surface area contributed by atoms with Crippen molar-refractivity contribution in [3.63, 3.8) is 0 Å². The standard InChI is InChI=1S/C22H24Cl2N4O6S/c1-12(29)27-35(33,34)25-9-8-17(13-4-3-5-14(10-13)22(31)32)26-21(30)19-11-15-18(28(19)2)7-6-16(23)20(15)24/h3-7,10-11,17,22,25,31-32H,8-9H2,1-2H3,(H,26,30)(H,27,29). The number of fused-ring (bicyclic) bond motifs is 1. The van der Waals surface area contributed by atoms with Gasteiger partial charge in [-0.2, -0.15) is 13.1 Å². The van der Waals surface area contributed by atoms with Gasteiger partial charge >= 0.3 is 10.2 Å². The van der Waals surface area contributed by atoms with E-state index in [0.29, 0.717) is 26.5 Å². The van der Waals surface area contributed by atoms with Crippen LogP contribution in [0.2, 0.25) is 10.0 Å². The Morgan fingerprint density at radius 3 is 2.43 bits per heavy atom. The maximum atomic E-state index is 13.2. The third-order valence-corrected chi connectivity index (χ3v) is 7.23. The molecule has 0 aliphatic carbocycles. The molecule has 0 saturated heterocycles. The highest BCUT2D eigenvalue weighted by molar-refractivity contribution is 7.88. The van der Waals surface area contributed by atoms with Gasteiger partial charge in [0.25, 0.3) is 5.91 Å². The lowest BCUT2D eigenvalue weighted by Crippen LogP contribution is -2.40. The molecule has 5 N–H and O–H groups in total. The van der Waals surface area contributed by atoms with Crippen molar-refractivity contribution in [1.29, 1.82) is 0 Å². The molecule has 2 amide bonds.